The van der Waals surface area contributed by atoms with Crippen molar-refractivity contribution in [2.45, 2.75) is 31.8 Å². The van der Waals surface area contributed by atoms with Crippen LogP contribution in [0.2, 0.25) is 0 Å². The van der Waals surface area contributed by atoms with Crippen LogP contribution in [0.4, 0.5) is 5.69 Å². The highest BCUT2D eigenvalue weighted by molar-refractivity contribution is 5.85. The lowest BCUT2D eigenvalue weighted by Gasteiger charge is -2.39. The van der Waals surface area contributed by atoms with Crippen molar-refractivity contribution in [2.75, 3.05) is 4.90 Å². The van der Waals surface area contributed by atoms with Gasteiger partial charge in [0.05, 0.1) is 18.2 Å². The molecule has 0 saturated heterocycles. The SMILES string of the molecule is C[C@@H]1C[C@H](C(N)=O)c2ccccc2N1Cc1cn2ccccc2n1. The molecule has 0 unspecified atom stereocenters. The van der Waals surface area contributed by atoms with Crippen LogP contribution in [0, 0.1) is 0 Å². The standard InChI is InChI=1S/C19H20N4O/c1-13-10-16(19(20)24)15-6-2-3-7-17(15)23(13)12-14-11-22-9-5-4-8-18(22)21-14/h2-9,11,13,16H,10,12H2,1H3,(H2,20,24)/t13-,16+/m1/s1. The Morgan fingerprint density at radius 1 is 1.25 bits per heavy atom. The zero-order valence-corrected chi connectivity index (χ0v) is 13.6. The Kier molecular flexibility index (Phi) is 3.49. The number of rotatable bonds is 3. The van der Waals surface area contributed by atoms with Crippen molar-refractivity contribution >= 4 is 17.2 Å². The zero-order chi connectivity index (χ0) is 16.7. The smallest absolute Gasteiger partial charge is 0.225 e. The van der Waals surface area contributed by atoms with E-state index in [1.165, 1.54) is 0 Å². The molecular weight excluding hydrogens is 300 g/mol. The van der Waals surface area contributed by atoms with E-state index < -0.39 is 0 Å². The predicted octanol–water partition coefficient (Wildman–Crippen LogP) is 2.70. The van der Waals surface area contributed by atoms with Gasteiger partial charge in [-0.05, 0) is 37.1 Å². The fraction of sp³-hybridized carbons (Fsp3) is 0.263. The first-order chi connectivity index (χ1) is 11.6. The number of hydrogen-bond acceptors (Lipinski definition) is 3. The first-order valence-electron chi connectivity index (χ1n) is 8.21. The molecule has 1 aliphatic heterocycles. The minimum absolute atomic E-state index is 0.214. The van der Waals surface area contributed by atoms with Gasteiger partial charge in [-0.3, -0.25) is 4.79 Å². The Morgan fingerprint density at radius 3 is 2.83 bits per heavy atom. The lowest BCUT2D eigenvalue weighted by Crippen LogP contribution is -2.41. The highest BCUT2D eigenvalue weighted by Gasteiger charge is 2.33. The number of imidazole rings is 1. The number of nitrogens with zero attached hydrogens (tertiary/aromatic N) is 3. The van der Waals surface area contributed by atoms with Crippen LogP contribution in [-0.2, 0) is 11.3 Å². The summed E-state index contributed by atoms with van der Waals surface area (Å²) in [6.45, 7) is 2.85. The van der Waals surface area contributed by atoms with E-state index in [-0.39, 0.29) is 17.9 Å². The van der Waals surface area contributed by atoms with Gasteiger partial charge in [0.15, 0.2) is 0 Å². The number of nitrogens with two attached hydrogens (primary N) is 1. The van der Waals surface area contributed by atoms with E-state index in [4.69, 9.17) is 10.7 Å². The number of primary amides is 1. The third-order valence-electron chi connectivity index (χ3n) is 4.82. The molecule has 0 radical (unpaired) electrons. The molecule has 5 nitrogen and oxygen atoms in total. The van der Waals surface area contributed by atoms with Gasteiger partial charge in [-0.15, -0.1) is 0 Å². The van der Waals surface area contributed by atoms with Gasteiger partial charge in [-0.1, -0.05) is 24.3 Å². The summed E-state index contributed by atoms with van der Waals surface area (Å²) in [7, 11) is 0. The van der Waals surface area contributed by atoms with Crippen molar-refractivity contribution in [2.24, 2.45) is 5.73 Å². The maximum absolute atomic E-state index is 11.8. The van der Waals surface area contributed by atoms with Gasteiger partial charge in [-0.25, -0.2) is 4.98 Å². The number of carbonyl (C=O) groups is 1. The molecular formula is C19H20N4O. The lowest BCUT2D eigenvalue weighted by molar-refractivity contribution is -0.119. The number of anilines is 1. The Morgan fingerprint density at radius 2 is 2.04 bits per heavy atom. The Labute approximate surface area is 140 Å². The minimum atomic E-state index is -0.248. The molecule has 3 aromatic rings. The van der Waals surface area contributed by atoms with Crippen LogP contribution in [0.15, 0.2) is 54.9 Å². The number of carbonyl (C=O) groups excluding carboxylic acids is 1. The average molecular weight is 320 g/mol. The third kappa shape index (κ3) is 2.42. The molecule has 0 spiro atoms. The minimum Gasteiger partial charge on any atom is -0.369 e. The summed E-state index contributed by atoms with van der Waals surface area (Å²) in [5, 5.41) is 0. The molecule has 2 atom stereocenters. The molecule has 0 fully saturated rings. The van der Waals surface area contributed by atoms with E-state index >= 15 is 0 Å². The van der Waals surface area contributed by atoms with E-state index in [0.29, 0.717) is 6.54 Å². The molecule has 24 heavy (non-hydrogen) atoms. The number of fused-ring (bicyclic) bond motifs is 2. The average Bonchev–Trinajstić information content (AvgIpc) is 2.99. The summed E-state index contributed by atoms with van der Waals surface area (Å²) in [5.74, 6) is -0.463. The normalized spacial score (nSPS) is 20.1. The van der Waals surface area contributed by atoms with Crippen molar-refractivity contribution in [3.63, 3.8) is 0 Å². The second-order valence-corrected chi connectivity index (χ2v) is 6.42. The van der Waals surface area contributed by atoms with Gasteiger partial charge in [0.25, 0.3) is 0 Å². The van der Waals surface area contributed by atoms with Crippen molar-refractivity contribution in [1.82, 2.24) is 9.38 Å². The van der Waals surface area contributed by atoms with Gasteiger partial charge in [0.1, 0.15) is 5.65 Å². The van der Waals surface area contributed by atoms with Crippen LogP contribution in [-0.4, -0.2) is 21.3 Å². The molecule has 5 heteroatoms. The molecule has 122 valence electrons. The molecule has 0 bridgehead atoms. The number of pyridine rings is 1. The van der Waals surface area contributed by atoms with Crippen LogP contribution < -0.4 is 10.6 Å². The quantitative estimate of drug-likeness (QED) is 0.807. The van der Waals surface area contributed by atoms with E-state index in [2.05, 4.69) is 24.1 Å². The number of hydrogen-bond donors (Lipinski definition) is 1. The summed E-state index contributed by atoms with van der Waals surface area (Å²) >= 11 is 0. The van der Waals surface area contributed by atoms with E-state index in [9.17, 15) is 4.79 Å². The number of para-hydroxylation sites is 1. The van der Waals surface area contributed by atoms with E-state index in [1.807, 2.05) is 47.0 Å². The molecule has 1 amide bonds. The molecule has 1 aromatic carbocycles. The molecule has 3 heterocycles. The summed E-state index contributed by atoms with van der Waals surface area (Å²) in [5.41, 5.74) is 9.68. The van der Waals surface area contributed by atoms with Crippen LogP contribution in [0.3, 0.4) is 0 Å². The summed E-state index contributed by atoms with van der Waals surface area (Å²) < 4.78 is 2.03. The Bertz CT molecular complexity index is 868. The van der Waals surface area contributed by atoms with Crippen LogP contribution in [0.5, 0.6) is 0 Å². The fourth-order valence-corrected chi connectivity index (χ4v) is 3.62. The summed E-state index contributed by atoms with van der Waals surface area (Å²) in [6, 6.07) is 14.3. The highest BCUT2D eigenvalue weighted by atomic mass is 16.1. The largest absolute Gasteiger partial charge is 0.369 e. The highest BCUT2D eigenvalue weighted by Crippen LogP contribution is 2.38. The number of aromatic nitrogens is 2. The summed E-state index contributed by atoms with van der Waals surface area (Å²) in [6.07, 6.45) is 4.80. The monoisotopic (exact) mass is 320 g/mol. The second kappa shape index (κ2) is 5.67. The second-order valence-electron chi connectivity index (χ2n) is 6.42. The first-order valence-corrected chi connectivity index (χ1v) is 8.21. The number of benzene rings is 1. The maximum Gasteiger partial charge on any atom is 0.225 e. The van der Waals surface area contributed by atoms with Gasteiger partial charge in [-0.2, -0.15) is 0 Å². The van der Waals surface area contributed by atoms with Crippen molar-refractivity contribution in [3.05, 3.63) is 66.1 Å². The van der Waals surface area contributed by atoms with Crippen molar-refractivity contribution < 1.29 is 4.79 Å². The van der Waals surface area contributed by atoms with Crippen LogP contribution in [0.25, 0.3) is 5.65 Å². The lowest BCUT2D eigenvalue weighted by atomic mass is 9.85. The molecule has 2 aromatic heterocycles. The van der Waals surface area contributed by atoms with Gasteiger partial charge in [0, 0.05) is 24.1 Å². The molecule has 1 aliphatic rings. The first kappa shape index (κ1) is 14.8. The predicted molar refractivity (Wildman–Crippen MR) is 93.8 cm³/mol. The van der Waals surface area contributed by atoms with Gasteiger partial charge in [0.2, 0.25) is 5.91 Å². The van der Waals surface area contributed by atoms with E-state index in [0.717, 1.165) is 29.0 Å². The fourth-order valence-electron chi connectivity index (χ4n) is 3.62. The van der Waals surface area contributed by atoms with Crippen molar-refractivity contribution in [1.29, 1.82) is 0 Å². The van der Waals surface area contributed by atoms with Crippen LogP contribution >= 0.6 is 0 Å². The Balaban J connectivity index is 1.71. The molecule has 2 N–H and O–H groups in total. The third-order valence-corrected chi connectivity index (χ3v) is 4.82. The van der Waals surface area contributed by atoms with Gasteiger partial charge < -0.3 is 15.0 Å². The molecule has 4 rings (SSSR count). The maximum atomic E-state index is 11.8. The topological polar surface area (TPSA) is 63.6 Å². The summed E-state index contributed by atoms with van der Waals surface area (Å²) in [4.78, 5) is 18.8. The van der Waals surface area contributed by atoms with Gasteiger partial charge >= 0.3 is 0 Å². The Hall–Kier alpha value is -2.82. The van der Waals surface area contributed by atoms with Crippen LogP contribution in [0.1, 0.15) is 30.5 Å². The molecule has 0 aliphatic carbocycles. The van der Waals surface area contributed by atoms with Crippen molar-refractivity contribution in [3.8, 4) is 0 Å². The molecule has 0 saturated carbocycles. The number of amides is 1. The zero-order valence-electron chi connectivity index (χ0n) is 13.6. The van der Waals surface area contributed by atoms with E-state index in [1.54, 1.807) is 0 Å².